The van der Waals surface area contributed by atoms with Crippen molar-refractivity contribution in [3.8, 4) is 5.75 Å². The van der Waals surface area contributed by atoms with Gasteiger partial charge in [0, 0.05) is 38.4 Å². The van der Waals surface area contributed by atoms with Crippen molar-refractivity contribution < 1.29 is 137 Å². The molecular weight excluding hydrogens is 661 g/mol. The smallest absolute Gasteiger partial charge is 1.00 e. The summed E-state index contributed by atoms with van der Waals surface area (Å²) >= 11 is 0. The van der Waals surface area contributed by atoms with Gasteiger partial charge in [0.2, 0.25) is 0 Å². The Kier molecular flexibility index (Phi) is 17.1. The van der Waals surface area contributed by atoms with Crippen LogP contribution in [0.15, 0.2) is 51.1 Å². The van der Waals surface area contributed by atoms with Gasteiger partial charge in [0.25, 0.3) is 30.4 Å². The van der Waals surface area contributed by atoms with E-state index in [-0.39, 0.29) is 132 Å². The Morgan fingerprint density at radius 2 is 0.886 bits per heavy atom. The number of ether oxygens (including phenoxy) is 1. The van der Waals surface area contributed by atoms with Crippen LogP contribution in [0.3, 0.4) is 0 Å². The molecule has 10 nitrogen and oxygen atoms in total. The summed E-state index contributed by atoms with van der Waals surface area (Å²) in [6.07, 6.45) is 11.1. The molecule has 16 heteroatoms. The fraction of sp³-hybridized carbons (Fsp3) is 0.429. The molecule has 44 heavy (non-hydrogen) atoms. The maximum Gasteiger partial charge on any atom is 1.00 e. The zero-order valence-corrected chi connectivity index (χ0v) is 34.1. The van der Waals surface area contributed by atoms with E-state index in [0.717, 1.165) is 19.3 Å². The maximum atomic E-state index is 12.4. The van der Waals surface area contributed by atoms with Crippen molar-refractivity contribution in [2.45, 2.75) is 85.8 Å². The Balaban J connectivity index is -0.00000323. The molecule has 0 atom stereocenters. The minimum Gasteiger partial charge on any atom is -1.00 e. The largest absolute Gasteiger partial charge is 1.00 e. The molecule has 3 N–H and O–H groups in total. The van der Waals surface area contributed by atoms with E-state index in [1.54, 1.807) is 0 Å². The number of rotatable bonds is 15. The van der Waals surface area contributed by atoms with Gasteiger partial charge in [-0.15, -0.1) is 0 Å². The molecule has 0 aliphatic carbocycles. The third-order valence-electron chi connectivity index (χ3n) is 7.34. The van der Waals surface area contributed by atoms with E-state index in [1.807, 2.05) is 0 Å². The molecule has 0 fully saturated rings. The van der Waals surface area contributed by atoms with E-state index in [1.165, 1.54) is 68.9 Å². The van der Waals surface area contributed by atoms with Crippen LogP contribution in [0, 0.1) is 0 Å². The van der Waals surface area contributed by atoms with Crippen molar-refractivity contribution in [2.24, 2.45) is 0 Å². The van der Waals surface area contributed by atoms with Crippen molar-refractivity contribution in [3.05, 3.63) is 36.4 Å². The number of hydrogen-bond acceptors (Lipinski definition) is 7. The molecule has 4 aromatic rings. The average molecular weight is 699 g/mol. The summed E-state index contributed by atoms with van der Waals surface area (Å²) in [5.74, 6) is 0.0983. The Labute approximate surface area is 330 Å². The molecule has 0 saturated carbocycles. The molecule has 0 unspecified atom stereocenters. The Morgan fingerprint density at radius 3 is 1.30 bits per heavy atom. The predicted molar refractivity (Wildman–Crippen MR) is 160 cm³/mol. The summed E-state index contributed by atoms with van der Waals surface area (Å²) < 4.78 is 109. The molecule has 0 heterocycles. The summed E-state index contributed by atoms with van der Waals surface area (Å²) in [5, 5.41) is 0.204. The van der Waals surface area contributed by atoms with Crippen LogP contribution in [0.2, 0.25) is 0 Å². The fourth-order valence-electron chi connectivity index (χ4n) is 5.40. The van der Waals surface area contributed by atoms with Crippen LogP contribution in [-0.2, 0) is 30.4 Å². The van der Waals surface area contributed by atoms with E-state index in [0.29, 0.717) is 17.9 Å². The van der Waals surface area contributed by atoms with Gasteiger partial charge in [0.1, 0.15) is 20.4 Å². The Bertz CT molecular complexity index is 1860. The molecule has 4 aromatic carbocycles. The van der Waals surface area contributed by atoms with Gasteiger partial charge >= 0.3 is 88.7 Å². The van der Waals surface area contributed by atoms with Crippen LogP contribution in [0.4, 0.5) is 0 Å². The first-order chi connectivity index (χ1) is 19.2. The molecule has 0 aliphatic heterocycles. The zero-order chi connectivity index (χ0) is 30.0. The average Bonchev–Trinajstić information content (AvgIpc) is 2.88. The van der Waals surface area contributed by atoms with Gasteiger partial charge in [-0.3, -0.25) is 13.7 Å². The van der Waals surface area contributed by atoms with Gasteiger partial charge in [0.05, 0.1) is 6.61 Å². The van der Waals surface area contributed by atoms with Crippen molar-refractivity contribution >= 4 is 62.7 Å². The van der Waals surface area contributed by atoms with E-state index >= 15 is 0 Å². The predicted octanol–water partition coefficient (Wildman–Crippen LogP) is -2.03. The first-order valence-electron chi connectivity index (χ1n) is 13.6. The summed E-state index contributed by atoms with van der Waals surface area (Å²) in [7, 11) is -14.7. The normalized spacial score (nSPS) is 12.2. The number of benzene rings is 4. The van der Waals surface area contributed by atoms with Crippen LogP contribution in [-0.4, -0.2) is 45.5 Å². The topological polar surface area (TPSA) is 172 Å². The van der Waals surface area contributed by atoms with E-state index in [4.69, 9.17) is 4.74 Å². The molecule has 0 aromatic heterocycles. The van der Waals surface area contributed by atoms with Crippen LogP contribution >= 0.6 is 0 Å². The van der Waals surface area contributed by atoms with Gasteiger partial charge in [-0.05, 0) is 18.6 Å². The van der Waals surface area contributed by atoms with Crippen LogP contribution in [0.25, 0.3) is 32.3 Å². The molecule has 0 bridgehead atoms. The van der Waals surface area contributed by atoms with E-state index in [9.17, 15) is 38.9 Å². The first-order valence-corrected chi connectivity index (χ1v) is 17.9. The molecule has 0 saturated heterocycles. The second-order valence-electron chi connectivity index (χ2n) is 10.3. The van der Waals surface area contributed by atoms with Crippen LogP contribution < -0.4 is 93.4 Å². The first kappa shape index (κ1) is 42.5. The minimum atomic E-state index is -4.97. The molecule has 0 amide bonds. The monoisotopic (exact) mass is 698 g/mol. The molecule has 230 valence electrons. The number of hydrogen-bond donors (Lipinski definition) is 3. The standard InChI is InChI=1S/C28H34O10S3.3Na.3H/c1-2-3-4-5-6-7-8-9-10-11-16-38-23-17-24(39(29,30)31)20-14-15-22-26(41(35,36)37)18-25(40(32,33)34)21-13-12-19(23)27(20)28(21)22;;;;;;/h12-15,17-18H,2-11,16H2,1H3,(H,29,30,31)(H,32,33,34)(H,35,36,37);;;;;;/q;3*+1;3*-1. The molecule has 0 aliphatic rings. The molecule has 4 rings (SSSR count). The van der Waals surface area contributed by atoms with Gasteiger partial charge < -0.3 is 9.02 Å². The summed E-state index contributed by atoms with van der Waals surface area (Å²) in [6, 6.07) is 7.13. The quantitative estimate of drug-likeness (QED) is 0.0545. The van der Waals surface area contributed by atoms with Gasteiger partial charge in [-0.1, -0.05) is 82.9 Å². The van der Waals surface area contributed by atoms with E-state index < -0.39 is 45.0 Å². The van der Waals surface area contributed by atoms with Crippen LogP contribution in [0.5, 0.6) is 5.75 Å². The fourth-order valence-corrected chi connectivity index (χ4v) is 7.61. The van der Waals surface area contributed by atoms with E-state index in [2.05, 4.69) is 6.92 Å². The molecule has 0 spiro atoms. The van der Waals surface area contributed by atoms with Crippen molar-refractivity contribution in [1.29, 1.82) is 0 Å². The zero-order valence-electron chi connectivity index (χ0n) is 28.7. The Hall–Kier alpha value is 0.450. The van der Waals surface area contributed by atoms with Crippen molar-refractivity contribution in [2.75, 3.05) is 6.61 Å². The summed E-state index contributed by atoms with van der Waals surface area (Å²) in [5.41, 5.74) is 0. The van der Waals surface area contributed by atoms with Gasteiger partial charge in [-0.2, -0.15) is 25.3 Å². The third kappa shape index (κ3) is 9.99. The molecular formula is C28H37Na3O10S3. The van der Waals surface area contributed by atoms with Crippen LogP contribution in [0.1, 0.15) is 75.4 Å². The second-order valence-corrected chi connectivity index (χ2v) is 14.4. The minimum absolute atomic E-state index is 0. The van der Waals surface area contributed by atoms with Gasteiger partial charge in [-0.25, -0.2) is 0 Å². The molecule has 0 radical (unpaired) electrons. The third-order valence-corrected chi connectivity index (χ3v) is 10.0. The SMILES string of the molecule is CCCCCCCCCCCCOc1cc(S(=O)(=O)O)c2ccc3c(S(=O)(=O)O)cc(S(=O)(=O)O)c4ccc1c2c43.[H-].[H-].[H-].[Na+].[Na+].[Na+]. The van der Waals surface area contributed by atoms with Gasteiger partial charge in [0.15, 0.2) is 0 Å². The Morgan fingerprint density at radius 1 is 0.545 bits per heavy atom. The summed E-state index contributed by atoms with van der Waals surface area (Å²) in [6.45, 7) is 2.44. The summed E-state index contributed by atoms with van der Waals surface area (Å²) in [4.78, 5) is -2.07. The van der Waals surface area contributed by atoms with Crippen molar-refractivity contribution in [1.82, 2.24) is 0 Å². The number of unbranched alkanes of at least 4 members (excludes halogenated alkanes) is 9. The maximum absolute atomic E-state index is 12.4. The second kappa shape index (κ2) is 17.7. The van der Waals surface area contributed by atoms with Crippen molar-refractivity contribution in [3.63, 3.8) is 0 Å².